The van der Waals surface area contributed by atoms with E-state index in [0.29, 0.717) is 16.7 Å². The molecule has 7 heteroatoms. The summed E-state index contributed by atoms with van der Waals surface area (Å²) in [7, 11) is -3.53. The van der Waals surface area contributed by atoms with Crippen molar-refractivity contribution < 1.29 is 8.42 Å². The normalized spacial score (nSPS) is 20.0. The SMILES string of the molecule is Nc1ccc(S(=O)(=O)N2CCCC2c2ccsc2)c(Br)c1. The highest BCUT2D eigenvalue weighted by molar-refractivity contribution is 9.10. The molecule has 2 aromatic rings. The van der Waals surface area contributed by atoms with E-state index in [4.69, 9.17) is 5.73 Å². The van der Waals surface area contributed by atoms with Gasteiger partial charge in [0.1, 0.15) is 0 Å². The van der Waals surface area contributed by atoms with Gasteiger partial charge in [-0.1, -0.05) is 0 Å². The zero-order valence-electron chi connectivity index (χ0n) is 11.2. The Morgan fingerprint density at radius 3 is 2.81 bits per heavy atom. The summed E-state index contributed by atoms with van der Waals surface area (Å²) < 4.78 is 28.0. The van der Waals surface area contributed by atoms with Crippen LogP contribution in [-0.2, 0) is 10.0 Å². The third-order valence-corrected chi connectivity index (χ3v) is 7.26. The lowest BCUT2D eigenvalue weighted by atomic mass is 10.1. The number of benzene rings is 1. The molecule has 0 bridgehead atoms. The van der Waals surface area contributed by atoms with Gasteiger partial charge in [-0.15, -0.1) is 0 Å². The average molecular weight is 387 g/mol. The molecule has 0 radical (unpaired) electrons. The molecule has 0 aliphatic carbocycles. The number of halogens is 1. The van der Waals surface area contributed by atoms with Gasteiger partial charge in [-0.05, 0) is 69.4 Å². The molecular formula is C14H15BrN2O2S2. The first-order chi connectivity index (χ1) is 10.00. The molecule has 2 N–H and O–H groups in total. The zero-order valence-corrected chi connectivity index (χ0v) is 14.4. The fraction of sp³-hybridized carbons (Fsp3) is 0.286. The van der Waals surface area contributed by atoms with Gasteiger partial charge >= 0.3 is 0 Å². The first kappa shape index (κ1) is 15.0. The second-order valence-electron chi connectivity index (χ2n) is 5.02. The number of hydrogen-bond donors (Lipinski definition) is 1. The molecule has 1 unspecified atom stereocenters. The van der Waals surface area contributed by atoms with Crippen molar-refractivity contribution in [3.63, 3.8) is 0 Å². The molecule has 1 fully saturated rings. The fourth-order valence-electron chi connectivity index (χ4n) is 2.68. The van der Waals surface area contributed by atoms with Crippen LogP contribution in [0.15, 0.2) is 44.4 Å². The average Bonchev–Trinajstić information content (AvgIpc) is 3.09. The van der Waals surface area contributed by atoms with Crippen molar-refractivity contribution in [2.24, 2.45) is 0 Å². The molecule has 3 rings (SSSR count). The molecule has 2 heterocycles. The predicted molar refractivity (Wildman–Crippen MR) is 88.7 cm³/mol. The van der Waals surface area contributed by atoms with Crippen molar-refractivity contribution in [1.29, 1.82) is 0 Å². The lowest BCUT2D eigenvalue weighted by Gasteiger charge is -2.24. The van der Waals surface area contributed by atoms with E-state index >= 15 is 0 Å². The molecule has 1 aliphatic heterocycles. The van der Waals surface area contributed by atoms with Crippen LogP contribution < -0.4 is 5.73 Å². The molecule has 1 aliphatic rings. The summed E-state index contributed by atoms with van der Waals surface area (Å²) in [6, 6.07) is 6.75. The van der Waals surface area contributed by atoms with E-state index in [9.17, 15) is 8.42 Å². The maximum atomic E-state index is 12.9. The maximum Gasteiger partial charge on any atom is 0.244 e. The molecule has 0 saturated carbocycles. The number of anilines is 1. The number of thiophene rings is 1. The summed E-state index contributed by atoms with van der Waals surface area (Å²) in [5.74, 6) is 0. The van der Waals surface area contributed by atoms with E-state index in [2.05, 4.69) is 15.9 Å². The Labute approximate surface area is 136 Å². The fourth-order valence-corrected chi connectivity index (χ4v) is 6.12. The molecule has 4 nitrogen and oxygen atoms in total. The molecule has 1 aromatic carbocycles. The van der Waals surface area contributed by atoms with Gasteiger partial charge in [0.2, 0.25) is 10.0 Å². The molecule has 1 aromatic heterocycles. The lowest BCUT2D eigenvalue weighted by molar-refractivity contribution is 0.397. The highest BCUT2D eigenvalue weighted by atomic mass is 79.9. The van der Waals surface area contributed by atoms with Crippen LogP contribution >= 0.6 is 27.3 Å². The van der Waals surface area contributed by atoms with Gasteiger partial charge in [-0.25, -0.2) is 8.42 Å². The third kappa shape index (κ3) is 2.75. The van der Waals surface area contributed by atoms with Gasteiger partial charge in [0, 0.05) is 16.7 Å². The van der Waals surface area contributed by atoms with Crippen LogP contribution in [0.4, 0.5) is 5.69 Å². The monoisotopic (exact) mass is 386 g/mol. The van der Waals surface area contributed by atoms with Gasteiger partial charge in [-0.2, -0.15) is 15.6 Å². The summed E-state index contributed by atoms with van der Waals surface area (Å²) >= 11 is 4.91. The lowest BCUT2D eigenvalue weighted by Crippen LogP contribution is -2.30. The van der Waals surface area contributed by atoms with Crippen LogP contribution in [-0.4, -0.2) is 19.3 Å². The van der Waals surface area contributed by atoms with E-state index in [-0.39, 0.29) is 10.9 Å². The standard InChI is InChI=1S/C14H15BrN2O2S2/c15-12-8-11(16)3-4-14(12)21(18,19)17-6-1-2-13(17)10-5-7-20-9-10/h3-5,7-9,13H,1-2,6,16H2. The van der Waals surface area contributed by atoms with Crippen molar-refractivity contribution in [2.45, 2.75) is 23.8 Å². The number of hydrogen-bond acceptors (Lipinski definition) is 4. The van der Waals surface area contributed by atoms with E-state index in [1.54, 1.807) is 33.8 Å². The van der Waals surface area contributed by atoms with Crippen molar-refractivity contribution in [3.8, 4) is 0 Å². The van der Waals surface area contributed by atoms with E-state index in [1.165, 1.54) is 0 Å². The van der Waals surface area contributed by atoms with Crippen LogP contribution in [0.3, 0.4) is 0 Å². The zero-order chi connectivity index (χ0) is 15.0. The Bertz CT molecular complexity index is 744. The van der Waals surface area contributed by atoms with Crippen LogP contribution in [0.1, 0.15) is 24.4 Å². The Hall–Kier alpha value is -0.890. The predicted octanol–water partition coefficient (Wildman–Crippen LogP) is 3.62. The number of nitrogen functional groups attached to an aromatic ring is 1. The van der Waals surface area contributed by atoms with Gasteiger partial charge in [0.15, 0.2) is 0 Å². The quantitative estimate of drug-likeness (QED) is 0.819. The largest absolute Gasteiger partial charge is 0.399 e. The smallest absolute Gasteiger partial charge is 0.244 e. The summed E-state index contributed by atoms with van der Waals surface area (Å²) in [6.07, 6.45) is 1.74. The highest BCUT2D eigenvalue weighted by Crippen LogP contribution is 2.39. The molecular weight excluding hydrogens is 372 g/mol. The van der Waals surface area contributed by atoms with Gasteiger partial charge < -0.3 is 5.73 Å². The Morgan fingerprint density at radius 1 is 1.33 bits per heavy atom. The number of rotatable bonds is 3. The van der Waals surface area contributed by atoms with Crippen molar-refractivity contribution >= 4 is 43.0 Å². The summed E-state index contributed by atoms with van der Waals surface area (Å²) in [5, 5.41) is 4.01. The molecule has 1 atom stereocenters. The molecule has 0 amide bonds. The minimum absolute atomic E-state index is 0.0642. The molecule has 112 valence electrons. The van der Waals surface area contributed by atoms with Crippen molar-refractivity contribution in [3.05, 3.63) is 45.1 Å². The summed E-state index contributed by atoms with van der Waals surface area (Å²) in [4.78, 5) is 0.277. The molecule has 1 saturated heterocycles. The van der Waals surface area contributed by atoms with Crippen LogP contribution in [0.25, 0.3) is 0 Å². The van der Waals surface area contributed by atoms with Crippen LogP contribution in [0.5, 0.6) is 0 Å². The molecule has 0 spiro atoms. The van der Waals surface area contributed by atoms with Crippen LogP contribution in [0.2, 0.25) is 0 Å². The molecule has 21 heavy (non-hydrogen) atoms. The van der Waals surface area contributed by atoms with E-state index in [1.807, 2.05) is 16.8 Å². The van der Waals surface area contributed by atoms with Gasteiger partial charge in [-0.3, -0.25) is 0 Å². The topological polar surface area (TPSA) is 63.4 Å². The van der Waals surface area contributed by atoms with Crippen LogP contribution in [0, 0.1) is 0 Å². The Morgan fingerprint density at radius 2 is 2.14 bits per heavy atom. The van der Waals surface area contributed by atoms with Crippen molar-refractivity contribution in [1.82, 2.24) is 4.31 Å². The number of nitrogens with two attached hydrogens (primary N) is 1. The van der Waals surface area contributed by atoms with Crippen molar-refractivity contribution in [2.75, 3.05) is 12.3 Å². The van der Waals surface area contributed by atoms with Gasteiger partial charge in [0.25, 0.3) is 0 Å². The third-order valence-electron chi connectivity index (χ3n) is 3.67. The van der Waals surface area contributed by atoms with Gasteiger partial charge in [0.05, 0.1) is 10.9 Å². The Kier molecular flexibility index (Phi) is 4.09. The number of nitrogens with zero attached hydrogens (tertiary/aromatic N) is 1. The minimum Gasteiger partial charge on any atom is -0.399 e. The highest BCUT2D eigenvalue weighted by Gasteiger charge is 2.37. The summed E-state index contributed by atoms with van der Waals surface area (Å²) in [5.41, 5.74) is 7.31. The van der Waals surface area contributed by atoms with E-state index in [0.717, 1.165) is 18.4 Å². The first-order valence-electron chi connectivity index (χ1n) is 6.59. The summed E-state index contributed by atoms with van der Waals surface area (Å²) in [6.45, 7) is 0.555. The minimum atomic E-state index is -3.53. The number of sulfonamides is 1. The van der Waals surface area contributed by atoms with E-state index < -0.39 is 10.0 Å². The Balaban J connectivity index is 2.01. The first-order valence-corrected chi connectivity index (χ1v) is 9.77. The second kappa shape index (κ2) is 5.72. The second-order valence-corrected chi connectivity index (χ2v) is 8.51. The maximum absolute atomic E-state index is 12.9.